The Balaban J connectivity index is 2.93. The molecule has 0 fully saturated rings. The van der Waals surface area contributed by atoms with Crippen LogP contribution < -0.4 is 5.46 Å². The summed E-state index contributed by atoms with van der Waals surface area (Å²) in [5.74, 6) is -0.182. The lowest BCUT2D eigenvalue weighted by Gasteiger charge is -1.95. The van der Waals surface area contributed by atoms with Gasteiger partial charge in [0.05, 0.1) is 6.26 Å². The molecule has 11 heavy (non-hydrogen) atoms. The normalized spacial score (nSPS) is 10.6. The summed E-state index contributed by atoms with van der Waals surface area (Å²) in [5, 5.41) is 0.852. The Morgan fingerprint density at radius 3 is 2.91 bits per heavy atom. The van der Waals surface area contributed by atoms with Crippen molar-refractivity contribution in [1.29, 1.82) is 0 Å². The number of hydrogen-bond acceptors (Lipinski definition) is 1. The number of furan rings is 1. The Bertz CT molecular complexity index is 394. The van der Waals surface area contributed by atoms with Crippen molar-refractivity contribution in [2.24, 2.45) is 0 Å². The Hall–Kier alpha value is -1.25. The van der Waals surface area contributed by atoms with Gasteiger partial charge in [-0.1, -0.05) is 0 Å². The van der Waals surface area contributed by atoms with Gasteiger partial charge in [0.15, 0.2) is 0 Å². The fraction of sp³-hybridized carbons (Fsp3) is 0. The maximum Gasteiger partial charge on any atom is 0.144 e. The van der Waals surface area contributed by atoms with Crippen molar-refractivity contribution in [3.63, 3.8) is 0 Å². The van der Waals surface area contributed by atoms with E-state index in [4.69, 9.17) is 4.42 Å². The summed E-state index contributed by atoms with van der Waals surface area (Å²) >= 11 is 0. The van der Waals surface area contributed by atoms with E-state index in [1.807, 2.05) is 0 Å². The molecule has 1 aromatic heterocycles. The Labute approximate surface area is 64.2 Å². The summed E-state index contributed by atoms with van der Waals surface area (Å²) in [6.07, 6.45) is 1.57. The quantitative estimate of drug-likeness (QED) is 0.504. The van der Waals surface area contributed by atoms with Crippen LogP contribution in [0.5, 0.6) is 0 Å². The van der Waals surface area contributed by atoms with Gasteiger partial charge >= 0.3 is 0 Å². The van der Waals surface area contributed by atoms with Crippen LogP contribution in [0.1, 0.15) is 0 Å². The number of fused-ring (bicyclic) bond motifs is 1. The van der Waals surface area contributed by atoms with E-state index < -0.39 is 0 Å². The first-order valence-corrected chi connectivity index (χ1v) is 3.41. The van der Waals surface area contributed by atoms with Crippen molar-refractivity contribution in [2.45, 2.75) is 0 Å². The van der Waals surface area contributed by atoms with Crippen molar-refractivity contribution in [3.8, 4) is 0 Å². The van der Waals surface area contributed by atoms with Gasteiger partial charge in [-0.05, 0) is 23.7 Å². The van der Waals surface area contributed by atoms with Crippen LogP contribution >= 0.6 is 0 Å². The second-order valence-corrected chi connectivity index (χ2v) is 2.50. The van der Waals surface area contributed by atoms with E-state index in [1.54, 1.807) is 26.2 Å². The molecule has 0 aliphatic heterocycles. The van der Waals surface area contributed by atoms with Gasteiger partial charge in [-0.3, -0.25) is 0 Å². The molecule has 54 valence electrons. The molecule has 1 aromatic carbocycles. The molecule has 0 amide bonds. The smallest absolute Gasteiger partial charge is 0.144 e. The van der Waals surface area contributed by atoms with Gasteiger partial charge in [0.2, 0.25) is 0 Å². The van der Waals surface area contributed by atoms with Crippen LogP contribution in [0.15, 0.2) is 28.9 Å². The first-order chi connectivity index (χ1) is 5.29. The summed E-state index contributed by atoms with van der Waals surface area (Å²) in [6, 6.07) is 4.83. The molecule has 0 N–H and O–H groups in total. The van der Waals surface area contributed by atoms with Crippen molar-refractivity contribution in [2.75, 3.05) is 0 Å². The molecule has 0 aliphatic rings. The summed E-state index contributed by atoms with van der Waals surface area (Å²) < 4.78 is 18.0. The summed E-state index contributed by atoms with van der Waals surface area (Å²) in [5.41, 5.74) is 1.39. The van der Waals surface area contributed by atoms with Gasteiger partial charge in [-0.15, -0.1) is 0 Å². The van der Waals surface area contributed by atoms with Crippen LogP contribution in [-0.2, 0) is 0 Å². The highest BCUT2D eigenvalue weighted by atomic mass is 19.1. The van der Waals surface area contributed by atoms with Crippen molar-refractivity contribution in [3.05, 3.63) is 30.3 Å². The lowest BCUT2D eigenvalue weighted by atomic mass is 9.92. The molecule has 2 aromatic rings. The average Bonchev–Trinajstić information content (AvgIpc) is 2.45. The van der Waals surface area contributed by atoms with Gasteiger partial charge in [-0.2, -0.15) is 0 Å². The van der Waals surface area contributed by atoms with Crippen LogP contribution in [0, 0.1) is 5.82 Å². The highest BCUT2D eigenvalue weighted by Crippen LogP contribution is 2.12. The maximum absolute atomic E-state index is 12.9. The molecule has 1 nitrogen and oxygen atoms in total. The molecule has 0 unspecified atom stereocenters. The number of rotatable bonds is 0. The zero-order valence-corrected chi connectivity index (χ0v) is 6.10. The van der Waals surface area contributed by atoms with Gasteiger partial charge < -0.3 is 4.42 Å². The third kappa shape index (κ3) is 0.844. The topological polar surface area (TPSA) is 13.1 Å². The van der Waals surface area contributed by atoms with E-state index in [2.05, 4.69) is 0 Å². The molecule has 1 heterocycles. The molecule has 0 saturated heterocycles. The molecule has 0 radical (unpaired) electrons. The Morgan fingerprint density at radius 2 is 2.09 bits per heavy atom. The van der Waals surface area contributed by atoms with Crippen molar-refractivity contribution < 1.29 is 8.81 Å². The first-order valence-electron chi connectivity index (χ1n) is 3.41. The molecule has 3 heteroatoms. The zero-order chi connectivity index (χ0) is 7.84. The predicted octanol–water partition coefficient (Wildman–Crippen LogP) is 0.830. The minimum atomic E-state index is -0.182. The largest absolute Gasteiger partial charge is 0.464 e. The molecular formula is C8H6BFO. The lowest BCUT2D eigenvalue weighted by molar-refractivity contribution is 0.611. The third-order valence-corrected chi connectivity index (χ3v) is 1.84. The fourth-order valence-electron chi connectivity index (χ4n) is 1.16. The van der Waals surface area contributed by atoms with E-state index in [-0.39, 0.29) is 5.82 Å². The minimum absolute atomic E-state index is 0.182. The summed E-state index contributed by atoms with van der Waals surface area (Å²) in [6.45, 7) is 0. The van der Waals surface area contributed by atoms with Gasteiger partial charge in [0, 0.05) is 5.39 Å². The van der Waals surface area contributed by atoms with E-state index >= 15 is 0 Å². The SMILES string of the molecule is Bc1c(F)ccc2occc12. The molecule has 2 rings (SSSR count). The zero-order valence-electron chi connectivity index (χ0n) is 6.10. The third-order valence-electron chi connectivity index (χ3n) is 1.84. The van der Waals surface area contributed by atoms with Crippen LogP contribution in [-0.4, -0.2) is 7.85 Å². The van der Waals surface area contributed by atoms with Crippen molar-refractivity contribution in [1.82, 2.24) is 0 Å². The molecule has 0 atom stereocenters. The number of benzene rings is 1. The molecule has 0 saturated carbocycles. The molecule has 0 aliphatic carbocycles. The van der Waals surface area contributed by atoms with Crippen LogP contribution in [0.2, 0.25) is 0 Å². The van der Waals surface area contributed by atoms with Crippen LogP contribution in [0.3, 0.4) is 0 Å². The van der Waals surface area contributed by atoms with E-state index in [9.17, 15) is 4.39 Å². The lowest BCUT2D eigenvalue weighted by Crippen LogP contribution is -2.07. The van der Waals surface area contributed by atoms with Gasteiger partial charge in [0.1, 0.15) is 19.2 Å². The Kier molecular flexibility index (Phi) is 1.25. The first kappa shape index (κ1) is 6.46. The molecule has 0 bridgehead atoms. The van der Waals surface area contributed by atoms with Gasteiger partial charge in [-0.25, -0.2) is 4.39 Å². The standard InChI is InChI=1S/C8H6BFO/c9-8-5-3-4-11-7(5)2-1-6(8)10/h1-4H,9H2. The second kappa shape index (κ2) is 2.12. The average molecular weight is 148 g/mol. The monoisotopic (exact) mass is 148 g/mol. The molecule has 0 spiro atoms. The highest BCUT2D eigenvalue weighted by Gasteiger charge is 2.03. The van der Waals surface area contributed by atoms with E-state index in [1.165, 1.54) is 6.07 Å². The van der Waals surface area contributed by atoms with Crippen LogP contribution in [0.4, 0.5) is 4.39 Å². The van der Waals surface area contributed by atoms with E-state index in [0.29, 0.717) is 5.46 Å². The van der Waals surface area contributed by atoms with Crippen molar-refractivity contribution >= 4 is 24.3 Å². The predicted molar refractivity (Wildman–Crippen MR) is 44.4 cm³/mol. The second-order valence-electron chi connectivity index (χ2n) is 2.50. The molecular weight excluding hydrogens is 142 g/mol. The highest BCUT2D eigenvalue weighted by molar-refractivity contribution is 6.38. The van der Waals surface area contributed by atoms with Crippen LogP contribution in [0.25, 0.3) is 11.0 Å². The number of hydrogen-bond donors (Lipinski definition) is 0. The minimum Gasteiger partial charge on any atom is -0.464 e. The fourth-order valence-corrected chi connectivity index (χ4v) is 1.16. The van der Waals surface area contributed by atoms with Gasteiger partial charge in [0.25, 0.3) is 0 Å². The summed E-state index contributed by atoms with van der Waals surface area (Å²) in [7, 11) is 1.74. The Morgan fingerprint density at radius 1 is 1.27 bits per heavy atom. The summed E-state index contributed by atoms with van der Waals surface area (Å²) in [4.78, 5) is 0. The number of halogens is 1. The maximum atomic E-state index is 12.9. The van der Waals surface area contributed by atoms with E-state index in [0.717, 1.165) is 11.0 Å².